The Morgan fingerprint density at radius 3 is 2.83 bits per heavy atom. The van der Waals surface area contributed by atoms with Crippen LogP contribution in [0.5, 0.6) is 0 Å². The van der Waals surface area contributed by atoms with E-state index >= 15 is 0 Å². The molecule has 1 heterocycles. The standard InChI is InChI=1S/C10H22N2/c1-9(2)11-7-10-5-4-6-12(3)8-10/h9-11H,4-8H2,1-3H3/t10-/m0/s1. The van der Waals surface area contributed by atoms with Gasteiger partial charge in [-0.2, -0.15) is 0 Å². The summed E-state index contributed by atoms with van der Waals surface area (Å²) in [5.74, 6) is 0.881. The lowest BCUT2D eigenvalue weighted by molar-refractivity contribution is 0.204. The van der Waals surface area contributed by atoms with Crippen molar-refractivity contribution in [2.75, 3.05) is 26.7 Å². The molecule has 0 radical (unpaired) electrons. The second-order valence-electron chi connectivity index (χ2n) is 4.33. The van der Waals surface area contributed by atoms with Gasteiger partial charge in [0.1, 0.15) is 0 Å². The summed E-state index contributed by atoms with van der Waals surface area (Å²) >= 11 is 0. The Balaban J connectivity index is 2.14. The van der Waals surface area contributed by atoms with Gasteiger partial charge < -0.3 is 10.2 Å². The molecule has 1 aliphatic rings. The van der Waals surface area contributed by atoms with Crippen molar-refractivity contribution in [1.82, 2.24) is 10.2 Å². The van der Waals surface area contributed by atoms with Crippen molar-refractivity contribution >= 4 is 0 Å². The summed E-state index contributed by atoms with van der Waals surface area (Å²) in [6.07, 6.45) is 2.78. The molecule has 1 N–H and O–H groups in total. The van der Waals surface area contributed by atoms with Crippen LogP contribution in [0.3, 0.4) is 0 Å². The highest BCUT2D eigenvalue weighted by molar-refractivity contribution is 4.72. The fourth-order valence-electron chi connectivity index (χ4n) is 1.84. The Hall–Kier alpha value is -0.0800. The fourth-order valence-corrected chi connectivity index (χ4v) is 1.84. The first kappa shape index (κ1) is 10.0. The second kappa shape index (κ2) is 4.83. The monoisotopic (exact) mass is 170 g/mol. The highest BCUT2D eigenvalue weighted by Gasteiger charge is 2.16. The maximum Gasteiger partial charge on any atom is 0.00187 e. The SMILES string of the molecule is CC(C)NC[C@@H]1CCCN(C)C1. The average Bonchev–Trinajstić information content (AvgIpc) is 2.01. The van der Waals surface area contributed by atoms with Gasteiger partial charge in [0.2, 0.25) is 0 Å². The highest BCUT2D eigenvalue weighted by atomic mass is 15.1. The lowest BCUT2D eigenvalue weighted by atomic mass is 9.98. The number of likely N-dealkylation sites (tertiary alicyclic amines) is 1. The first-order valence-corrected chi connectivity index (χ1v) is 5.10. The molecule has 1 rings (SSSR count). The Kier molecular flexibility index (Phi) is 4.02. The molecule has 0 aromatic carbocycles. The predicted octanol–water partition coefficient (Wildman–Crippen LogP) is 1.33. The number of nitrogens with zero attached hydrogens (tertiary/aromatic N) is 1. The van der Waals surface area contributed by atoms with Gasteiger partial charge in [0.15, 0.2) is 0 Å². The Morgan fingerprint density at radius 1 is 1.50 bits per heavy atom. The normalized spacial score (nSPS) is 26.5. The van der Waals surface area contributed by atoms with Crippen molar-refractivity contribution < 1.29 is 0 Å². The number of rotatable bonds is 3. The van der Waals surface area contributed by atoms with Crippen molar-refractivity contribution in [3.63, 3.8) is 0 Å². The van der Waals surface area contributed by atoms with Crippen LogP contribution < -0.4 is 5.32 Å². The van der Waals surface area contributed by atoms with Crippen molar-refractivity contribution in [3.05, 3.63) is 0 Å². The van der Waals surface area contributed by atoms with Gasteiger partial charge in [-0.3, -0.25) is 0 Å². The third-order valence-electron chi connectivity index (χ3n) is 2.54. The maximum atomic E-state index is 3.51. The molecule has 1 atom stereocenters. The Labute approximate surface area is 76.3 Å². The molecular formula is C10H22N2. The molecule has 0 bridgehead atoms. The zero-order chi connectivity index (χ0) is 8.97. The number of hydrogen-bond donors (Lipinski definition) is 1. The zero-order valence-corrected chi connectivity index (χ0v) is 8.64. The van der Waals surface area contributed by atoms with Gasteiger partial charge in [-0.15, -0.1) is 0 Å². The first-order valence-electron chi connectivity index (χ1n) is 5.10. The van der Waals surface area contributed by atoms with Gasteiger partial charge in [0.05, 0.1) is 0 Å². The molecule has 0 aromatic rings. The quantitative estimate of drug-likeness (QED) is 0.687. The predicted molar refractivity (Wildman–Crippen MR) is 53.4 cm³/mol. The first-order chi connectivity index (χ1) is 5.68. The van der Waals surface area contributed by atoms with E-state index in [1.165, 1.54) is 32.5 Å². The highest BCUT2D eigenvalue weighted by Crippen LogP contribution is 2.13. The molecule has 2 heteroatoms. The largest absolute Gasteiger partial charge is 0.314 e. The summed E-state index contributed by atoms with van der Waals surface area (Å²) in [6, 6.07) is 0.636. The zero-order valence-electron chi connectivity index (χ0n) is 8.64. The van der Waals surface area contributed by atoms with Gasteiger partial charge in [0, 0.05) is 12.6 Å². The molecule has 12 heavy (non-hydrogen) atoms. The van der Waals surface area contributed by atoms with Gasteiger partial charge >= 0.3 is 0 Å². The van der Waals surface area contributed by atoms with E-state index in [2.05, 4.69) is 31.1 Å². The molecule has 0 saturated carbocycles. The van der Waals surface area contributed by atoms with Gasteiger partial charge in [-0.05, 0) is 38.9 Å². The topological polar surface area (TPSA) is 15.3 Å². The van der Waals surface area contributed by atoms with E-state index in [0.29, 0.717) is 6.04 Å². The molecule has 0 unspecified atom stereocenters. The van der Waals surface area contributed by atoms with Crippen LogP contribution in [0.15, 0.2) is 0 Å². The van der Waals surface area contributed by atoms with Gasteiger partial charge in [-0.1, -0.05) is 13.8 Å². The summed E-state index contributed by atoms with van der Waals surface area (Å²) in [5, 5.41) is 3.51. The van der Waals surface area contributed by atoms with Crippen molar-refractivity contribution in [3.8, 4) is 0 Å². The van der Waals surface area contributed by atoms with E-state index in [-0.39, 0.29) is 0 Å². The molecule has 2 nitrogen and oxygen atoms in total. The van der Waals surface area contributed by atoms with E-state index < -0.39 is 0 Å². The molecule has 0 aliphatic carbocycles. The van der Waals surface area contributed by atoms with Crippen LogP contribution in [-0.4, -0.2) is 37.6 Å². The van der Waals surface area contributed by atoms with Crippen LogP contribution in [-0.2, 0) is 0 Å². The fraction of sp³-hybridized carbons (Fsp3) is 1.00. The van der Waals surface area contributed by atoms with E-state index in [1.54, 1.807) is 0 Å². The van der Waals surface area contributed by atoms with Crippen molar-refractivity contribution in [2.24, 2.45) is 5.92 Å². The minimum absolute atomic E-state index is 0.636. The minimum atomic E-state index is 0.636. The van der Waals surface area contributed by atoms with Crippen LogP contribution >= 0.6 is 0 Å². The van der Waals surface area contributed by atoms with Crippen LogP contribution in [0.4, 0.5) is 0 Å². The lowest BCUT2D eigenvalue weighted by Crippen LogP contribution is -2.39. The summed E-state index contributed by atoms with van der Waals surface area (Å²) in [6.45, 7) is 8.19. The number of piperidine rings is 1. The number of nitrogens with one attached hydrogen (secondary N) is 1. The molecule has 1 fully saturated rings. The van der Waals surface area contributed by atoms with Crippen LogP contribution in [0.25, 0.3) is 0 Å². The molecule has 0 spiro atoms. The van der Waals surface area contributed by atoms with Crippen LogP contribution in [0.1, 0.15) is 26.7 Å². The van der Waals surface area contributed by atoms with Gasteiger partial charge in [-0.25, -0.2) is 0 Å². The average molecular weight is 170 g/mol. The summed E-state index contributed by atoms with van der Waals surface area (Å²) in [4.78, 5) is 2.44. The van der Waals surface area contributed by atoms with Gasteiger partial charge in [0.25, 0.3) is 0 Å². The molecule has 1 aliphatic heterocycles. The van der Waals surface area contributed by atoms with Crippen molar-refractivity contribution in [1.29, 1.82) is 0 Å². The summed E-state index contributed by atoms with van der Waals surface area (Å²) in [7, 11) is 2.22. The Morgan fingerprint density at radius 2 is 2.25 bits per heavy atom. The van der Waals surface area contributed by atoms with Crippen LogP contribution in [0.2, 0.25) is 0 Å². The Bertz CT molecular complexity index is 123. The maximum absolute atomic E-state index is 3.51. The smallest absolute Gasteiger partial charge is 0.00187 e. The van der Waals surface area contributed by atoms with E-state index in [4.69, 9.17) is 0 Å². The number of hydrogen-bond acceptors (Lipinski definition) is 2. The van der Waals surface area contributed by atoms with E-state index in [9.17, 15) is 0 Å². The third kappa shape index (κ3) is 3.55. The summed E-state index contributed by atoms with van der Waals surface area (Å²) < 4.78 is 0. The molecule has 1 saturated heterocycles. The lowest BCUT2D eigenvalue weighted by Gasteiger charge is -2.30. The molecule has 0 amide bonds. The van der Waals surface area contributed by atoms with Crippen LogP contribution in [0, 0.1) is 5.92 Å². The third-order valence-corrected chi connectivity index (χ3v) is 2.54. The van der Waals surface area contributed by atoms with E-state index in [0.717, 1.165) is 5.92 Å². The summed E-state index contributed by atoms with van der Waals surface area (Å²) in [5.41, 5.74) is 0. The molecule has 72 valence electrons. The van der Waals surface area contributed by atoms with E-state index in [1.807, 2.05) is 0 Å². The molecule has 0 aromatic heterocycles. The second-order valence-corrected chi connectivity index (χ2v) is 4.33. The molecular weight excluding hydrogens is 148 g/mol. The van der Waals surface area contributed by atoms with Crippen molar-refractivity contribution in [2.45, 2.75) is 32.7 Å². The minimum Gasteiger partial charge on any atom is -0.314 e.